The Balaban J connectivity index is 2.27. The van der Waals surface area contributed by atoms with E-state index in [1.807, 2.05) is 6.92 Å². The zero-order chi connectivity index (χ0) is 12.0. The van der Waals surface area contributed by atoms with E-state index in [9.17, 15) is 9.59 Å². The van der Waals surface area contributed by atoms with Crippen LogP contribution in [0.15, 0.2) is 34.7 Å². The Kier molecular flexibility index (Phi) is 2.04. The van der Waals surface area contributed by atoms with E-state index < -0.39 is 0 Å². The van der Waals surface area contributed by atoms with Crippen molar-refractivity contribution < 1.29 is 9.59 Å². The summed E-state index contributed by atoms with van der Waals surface area (Å²) in [4.78, 5) is 32.5. The van der Waals surface area contributed by atoms with Crippen LogP contribution in [-0.4, -0.2) is 22.8 Å². The lowest BCUT2D eigenvalue weighted by Crippen LogP contribution is -2.27. The van der Waals surface area contributed by atoms with Crippen LogP contribution < -0.4 is 0 Å². The number of carbonyl (C=O) groups is 2. The average molecular weight is 226 g/mol. The van der Waals surface area contributed by atoms with E-state index in [0.717, 1.165) is 0 Å². The van der Waals surface area contributed by atoms with Gasteiger partial charge in [0, 0.05) is 29.7 Å². The summed E-state index contributed by atoms with van der Waals surface area (Å²) in [6.07, 6.45) is 5.38. The lowest BCUT2D eigenvalue weighted by atomic mass is 9.80. The van der Waals surface area contributed by atoms with Gasteiger partial charge in [0.15, 0.2) is 5.78 Å². The standard InChI is InChI=1S/C13H10N2O2/c1-7-2-5-15-11-10(7)12(16)8-3-4-14-6-9(8)13(11)17/h3-7H,2H2,1H3. The van der Waals surface area contributed by atoms with E-state index in [4.69, 9.17) is 0 Å². The number of aromatic nitrogens is 1. The molecule has 0 amide bonds. The number of hydrogen-bond acceptors (Lipinski definition) is 4. The summed E-state index contributed by atoms with van der Waals surface area (Å²) in [6, 6.07) is 1.60. The molecule has 0 N–H and O–H groups in total. The van der Waals surface area contributed by atoms with Gasteiger partial charge in [0.1, 0.15) is 5.70 Å². The summed E-state index contributed by atoms with van der Waals surface area (Å²) in [5.41, 5.74) is 1.67. The maximum Gasteiger partial charge on any atom is 0.214 e. The minimum Gasteiger partial charge on any atom is -0.289 e. The van der Waals surface area contributed by atoms with Crippen molar-refractivity contribution in [1.82, 2.24) is 4.98 Å². The van der Waals surface area contributed by atoms with Crippen LogP contribution in [0.5, 0.6) is 0 Å². The van der Waals surface area contributed by atoms with Crippen LogP contribution in [0.3, 0.4) is 0 Å². The van der Waals surface area contributed by atoms with Gasteiger partial charge in [-0.25, -0.2) is 0 Å². The van der Waals surface area contributed by atoms with Crippen molar-refractivity contribution in [2.45, 2.75) is 13.3 Å². The summed E-state index contributed by atoms with van der Waals surface area (Å²) in [6.45, 7) is 1.94. The van der Waals surface area contributed by atoms with Crippen molar-refractivity contribution in [3.05, 3.63) is 40.9 Å². The van der Waals surface area contributed by atoms with Gasteiger partial charge in [-0.3, -0.25) is 19.6 Å². The third-order valence-corrected chi connectivity index (χ3v) is 3.20. The number of nitrogens with zero attached hydrogens (tertiary/aromatic N) is 2. The van der Waals surface area contributed by atoms with Gasteiger partial charge >= 0.3 is 0 Å². The predicted octanol–water partition coefficient (Wildman–Crippen LogP) is 1.83. The smallest absolute Gasteiger partial charge is 0.214 e. The number of fused-ring (bicyclic) bond motifs is 1. The SMILES string of the molecule is CC1CC=NC2=C1C(=O)c1ccncc1C2=O. The topological polar surface area (TPSA) is 59.4 Å². The van der Waals surface area contributed by atoms with Crippen molar-refractivity contribution in [1.29, 1.82) is 0 Å². The molecular weight excluding hydrogens is 216 g/mol. The van der Waals surface area contributed by atoms with Crippen molar-refractivity contribution >= 4 is 17.8 Å². The van der Waals surface area contributed by atoms with Gasteiger partial charge in [-0.05, 0) is 18.4 Å². The fourth-order valence-electron chi connectivity index (χ4n) is 2.28. The van der Waals surface area contributed by atoms with Crippen LogP contribution in [0.1, 0.15) is 34.1 Å². The highest BCUT2D eigenvalue weighted by atomic mass is 16.1. The fourth-order valence-corrected chi connectivity index (χ4v) is 2.28. The van der Waals surface area contributed by atoms with E-state index in [0.29, 0.717) is 28.8 Å². The number of allylic oxidation sites excluding steroid dienone is 2. The molecule has 2 heterocycles. The highest BCUT2D eigenvalue weighted by Gasteiger charge is 2.35. The lowest BCUT2D eigenvalue weighted by molar-refractivity contribution is 0.0964. The van der Waals surface area contributed by atoms with E-state index in [1.54, 1.807) is 12.3 Å². The first kappa shape index (κ1) is 10.1. The van der Waals surface area contributed by atoms with E-state index in [2.05, 4.69) is 9.98 Å². The van der Waals surface area contributed by atoms with Gasteiger partial charge in [0.25, 0.3) is 0 Å². The largest absolute Gasteiger partial charge is 0.289 e. The Labute approximate surface area is 98.1 Å². The number of aliphatic imine (C=N–C) groups is 1. The second-order valence-electron chi connectivity index (χ2n) is 4.29. The van der Waals surface area contributed by atoms with Crippen LogP contribution >= 0.6 is 0 Å². The molecule has 1 aliphatic heterocycles. The molecule has 84 valence electrons. The predicted molar refractivity (Wildman–Crippen MR) is 62.2 cm³/mol. The molecule has 1 aliphatic carbocycles. The van der Waals surface area contributed by atoms with Crippen LogP contribution in [0.2, 0.25) is 0 Å². The van der Waals surface area contributed by atoms with Crippen LogP contribution in [-0.2, 0) is 0 Å². The molecular formula is C13H10N2O2. The molecule has 4 heteroatoms. The number of Topliss-reactive ketones (excluding diaryl/α,β-unsaturated/α-hetero) is 2. The maximum atomic E-state index is 12.3. The summed E-state index contributed by atoms with van der Waals surface area (Å²) in [7, 11) is 0. The molecule has 0 aromatic carbocycles. The van der Waals surface area contributed by atoms with Gasteiger partial charge in [-0.1, -0.05) is 6.92 Å². The van der Waals surface area contributed by atoms with Crippen molar-refractivity contribution in [2.24, 2.45) is 10.9 Å². The number of carbonyl (C=O) groups excluding carboxylic acids is 2. The number of ketones is 2. The molecule has 0 fully saturated rings. The molecule has 17 heavy (non-hydrogen) atoms. The molecule has 3 rings (SSSR count). The summed E-state index contributed by atoms with van der Waals surface area (Å²) in [5, 5.41) is 0. The van der Waals surface area contributed by atoms with Crippen LogP contribution in [0.4, 0.5) is 0 Å². The van der Waals surface area contributed by atoms with Gasteiger partial charge in [-0.15, -0.1) is 0 Å². The maximum absolute atomic E-state index is 12.3. The second-order valence-corrected chi connectivity index (χ2v) is 4.29. The minimum absolute atomic E-state index is 0.0558. The Hall–Kier alpha value is -2.10. The molecule has 1 aromatic heterocycles. The molecule has 1 unspecified atom stereocenters. The first-order valence-corrected chi connectivity index (χ1v) is 5.50. The molecule has 4 nitrogen and oxygen atoms in total. The average Bonchev–Trinajstić information content (AvgIpc) is 2.36. The van der Waals surface area contributed by atoms with Crippen molar-refractivity contribution in [2.75, 3.05) is 0 Å². The Morgan fingerprint density at radius 1 is 1.24 bits per heavy atom. The van der Waals surface area contributed by atoms with Crippen molar-refractivity contribution in [3.8, 4) is 0 Å². The Morgan fingerprint density at radius 3 is 2.88 bits per heavy atom. The fraction of sp³-hybridized carbons (Fsp3) is 0.231. The number of pyridine rings is 1. The zero-order valence-corrected chi connectivity index (χ0v) is 9.30. The van der Waals surface area contributed by atoms with E-state index >= 15 is 0 Å². The highest BCUT2D eigenvalue weighted by molar-refractivity contribution is 6.27. The van der Waals surface area contributed by atoms with E-state index in [-0.39, 0.29) is 17.5 Å². The first-order chi connectivity index (χ1) is 8.20. The molecule has 0 saturated heterocycles. The molecule has 1 atom stereocenters. The number of hydrogen-bond donors (Lipinski definition) is 0. The first-order valence-electron chi connectivity index (χ1n) is 5.50. The van der Waals surface area contributed by atoms with Gasteiger partial charge in [0.05, 0.1) is 5.56 Å². The Morgan fingerprint density at radius 2 is 2.06 bits per heavy atom. The number of rotatable bonds is 0. The molecule has 0 bridgehead atoms. The summed E-state index contributed by atoms with van der Waals surface area (Å²) >= 11 is 0. The molecule has 1 aromatic rings. The van der Waals surface area contributed by atoms with Gasteiger partial charge in [0.2, 0.25) is 5.78 Å². The van der Waals surface area contributed by atoms with Crippen LogP contribution in [0.25, 0.3) is 0 Å². The summed E-state index contributed by atoms with van der Waals surface area (Å²) < 4.78 is 0. The Bertz CT molecular complexity index is 599. The van der Waals surface area contributed by atoms with Crippen molar-refractivity contribution in [3.63, 3.8) is 0 Å². The third kappa shape index (κ3) is 1.30. The van der Waals surface area contributed by atoms with Crippen LogP contribution in [0, 0.1) is 5.92 Å². The summed E-state index contributed by atoms with van der Waals surface area (Å²) in [5.74, 6) is -0.216. The second kappa shape index (κ2) is 3.45. The third-order valence-electron chi connectivity index (χ3n) is 3.20. The molecule has 0 spiro atoms. The molecule has 0 radical (unpaired) electrons. The molecule has 2 aliphatic rings. The highest BCUT2D eigenvalue weighted by Crippen LogP contribution is 2.33. The monoisotopic (exact) mass is 226 g/mol. The molecule has 0 saturated carbocycles. The minimum atomic E-state index is -0.189. The quantitative estimate of drug-likeness (QED) is 0.678. The normalized spacial score (nSPS) is 22.5. The lowest BCUT2D eigenvalue weighted by Gasteiger charge is -2.24. The zero-order valence-electron chi connectivity index (χ0n) is 9.30. The van der Waals surface area contributed by atoms with E-state index in [1.165, 1.54) is 12.4 Å². The van der Waals surface area contributed by atoms with Gasteiger partial charge < -0.3 is 0 Å². The van der Waals surface area contributed by atoms with Gasteiger partial charge in [-0.2, -0.15) is 0 Å².